The molecule has 1 unspecified atom stereocenters. The van der Waals surface area contributed by atoms with E-state index >= 15 is 0 Å². The first kappa shape index (κ1) is 32.0. The molecule has 0 aromatic heterocycles. The molecule has 0 radical (unpaired) electrons. The molecule has 194 valence electrons. The van der Waals surface area contributed by atoms with Crippen molar-refractivity contribution in [3.63, 3.8) is 0 Å². The molecular weight excluding hydrogens is 440 g/mol. The number of terminal acetylenes is 1. The Labute approximate surface area is 212 Å². The van der Waals surface area contributed by atoms with E-state index in [1.54, 1.807) is 0 Å². The second-order valence-electron chi connectivity index (χ2n) is 9.39. The fourth-order valence-corrected chi connectivity index (χ4v) is 3.67. The maximum absolute atomic E-state index is 10.8. The number of benzene rings is 1. The molecule has 0 aliphatic heterocycles. The Balaban J connectivity index is 0.00000562. The van der Waals surface area contributed by atoms with E-state index in [1.807, 2.05) is 46.8 Å². The predicted molar refractivity (Wildman–Crippen MR) is 145 cm³/mol. The van der Waals surface area contributed by atoms with E-state index in [0.29, 0.717) is 0 Å². The van der Waals surface area contributed by atoms with Crippen LogP contribution in [0.1, 0.15) is 71.9 Å². The zero-order valence-electron chi connectivity index (χ0n) is 22.5. The molecule has 5 nitrogen and oxygen atoms in total. The van der Waals surface area contributed by atoms with Gasteiger partial charge in [0.05, 0.1) is 11.5 Å². The van der Waals surface area contributed by atoms with E-state index in [0.717, 1.165) is 48.0 Å². The van der Waals surface area contributed by atoms with Crippen LogP contribution in [0.25, 0.3) is 0 Å². The summed E-state index contributed by atoms with van der Waals surface area (Å²) < 4.78 is 12.1. The number of carboxylic acid groups (broad SMARTS) is 1. The van der Waals surface area contributed by atoms with Gasteiger partial charge in [0.1, 0.15) is 24.7 Å². The largest absolute Gasteiger partial charge is 0.493 e. The van der Waals surface area contributed by atoms with Gasteiger partial charge in [-0.3, -0.25) is 0 Å². The first-order chi connectivity index (χ1) is 16.5. The molecule has 1 rings (SSSR count). The minimum absolute atomic E-state index is 0.195. The van der Waals surface area contributed by atoms with E-state index in [9.17, 15) is 9.90 Å². The van der Waals surface area contributed by atoms with Gasteiger partial charge in [-0.1, -0.05) is 58.9 Å². The number of hydrogen-bond donors (Lipinski definition) is 2. The second kappa shape index (κ2) is 15.8. The topological polar surface area (TPSA) is 76.0 Å². The van der Waals surface area contributed by atoms with Gasteiger partial charge < -0.3 is 19.7 Å². The average Bonchev–Trinajstić information content (AvgIpc) is 2.82. The van der Waals surface area contributed by atoms with E-state index in [4.69, 9.17) is 14.6 Å². The average molecular weight is 485 g/mol. The van der Waals surface area contributed by atoms with Crippen molar-refractivity contribution in [3.05, 3.63) is 65.5 Å². The van der Waals surface area contributed by atoms with Gasteiger partial charge in [0, 0.05) is 6.08 Å². The van der Waals surface area contributed by atoms with Gasteiger partial charge >= 0.3 is 5.97 Å². The molecule has 0 aliphatic carbocycles. The smallest absolute Gasteiger partial charge is 0.328 e. The van der Waals surface area contributed by atoms with Crippen LogP contribution in [0.5, 0.6) is 5.75 Å². The third-order valence-electron chi connectivity index (χ3n) is 6.07. The number of aliphatic hydroxyl groups excluding tert-OH is 1. The van der Waals surface area contributed by atoms with E-state index in [-0.39, 0.29) is 24.0 Å². The first-order valence-electron chi connectivity index (χ1n) is 12.1. The highest BCUT2D eigenvalue weighted by Gasteiger charge is 2.35. The third-order valence-corrected chi connectivity index (χ3v) is 6.07. The molecule has 5 heteroatoms. The Morgan fingerprint density at radius 3 is 2.26 bits per heavy atom. The SMILES string of the molecule is C#C.C/C=C\C/C=C(\OC/C=C/C(=O)O)C(CC)(CC)c1ccc(OCC(O)C(C)(C)C)c(C)c1. The molecule has 0 amide bonds. The minimum atomic E-state index is -0.988. The van der Waals surface area contributed by atoms with Crippen molar-refractivity contribution in [3.8, 4) is 18.6 Å². The summed E-state index contributed by atoms with van der Waals surface area (Å²) in [4.78, 5) is 10.8. The lowest BCUT2D eigenvalue weighted by Crippen LogP contribution is -2.32. The minimum Gasteiger partial charge on any atom is -0.493 e. The molecule has 0 saturated heterocycles. The van der Waals surface area contributed by atoms with Crippen LogP contribution in [-0.4, -0.2) is 35.5 Å². The molecule has 0 fully saturated rings. The number of carboxylic acids is 1. The first-order valence-corrected chi connectivity index (χ1v) is 12.1. The Hall–Kier alpha value is -2.97. The van der Waals surface area contributed by atoms with Crippen molar-refractivity contribution < 1.29 is 24.5 Å². The van der Waals surface area contributed by atoms with Gasteiger partial charge in [0.15, 0.2) is 0 Å². The van der Waals surface area contributed by atoms with Crippen LogP contribution in [0, 0.1) is 25.2 Å². The summed E-state index contributed by atoms with van der Waals surface area (Å²) in [6.07, 6.45) is 18.6. The van der Waals surface area contributed by atoms with E-state index < -0.39 is 12.1 Å². The maximum Gasteiger partial charge on any atom is 0.328 e. The van der Waals surface area contributed by atoms with Crippen molar-refractivity contribution in [2.75, 3.05) is 13.2 Å². The lowest BCUT2D eigenvalue weighted by molar-refractivity contribution is -0.131. The predicted octanol–water partition coefficient (Wildman–Crippen LogP) is 6.60. The van der Waals surface area contributed by atoms with E-state index in [2.05, 4.69) is 51.0 Å². The standard InChI is InChI=1S/C28H42O5.C2H2/c1-8-11-12-14-25(32-18-13-15-26(30)31)28(9-2,10-3)22-16-17-23(21(4)19-22)33-20-24(29)27(5,6)7;1-2/h8,11,13-17,19,24,29H,9-10,12,18,20H2,1-7H3,(H,30,31);1-2H/b11-8-,15-13+,25-14-;. The molecule has 35 heavy (non-hydrogen) atoms. The summed E-state index contributed by atoms with van der Waals surface area (Å²) in [7, 11) is 0. The third kappa shape index (κ3) is 10.0. The number of aryl methyl sites for hydroxylation is 1. The highest BCUT2D eigenvalue weighted by atomic mass is 16.5. The number of allylic oxidation sites excluding steroid dienone is 4. The summed E-state index contributed by atoms with van der Waals surface area (Å²) >= 11 is 0. The van der Waals surface area contributed by atoms with Crippen LogP contribution in [0.3, 0.4) is 0 Å². The molecule has 1 aromatic carbocycles. The van der Waals surface area contributed by atoms with Crippen LogP contribution < -0.4 is 4.74 Å². The molecule has 1 atom stereocenters. The number of hydrogen-bond acceptors (Lipinski definition) is 4. The Kier molecular flexibility index (Phi) is 14.5. The Bertz CT molecular complexity index is 880. The lowest BCUT2D eigenvalue weighted by atomic mass is 9.73. The molecular formula is C30H44O5. The fourth-order valence-electron chi connectivity index (χ4n) is 3.67. The fraction of sp³-hybridized carbons (Fsp3) is 0.500. The van der Waals surface area contributed by atoms with Gasteiger partial charge in [-0.2, -0.15) is 0 Å². The van der Waals surface area contributed by atoms with Crippen LogP contribution in [-0.2, 0) is 14.9 Å². The van der Waals surface area contributed by atoms with Crippen molar-refractivity contribution in [2.45, 2.75) is 79.2 Å². The number of carbonyl (C=O) groups is 1. The van der Waals surface area contributed by atoms with Crippen LogP contribution in [0.4, 0.5) is 0 Å². The van der Waals surface area contributed by atoms with Crippen molar-refractivity contribution in [1.29, 1.82) is 0 Å². The van der Waals surface area contributed by atoms with Crippen LogP contribution >= 0.6 is 0 Å². The quantitative estimate of drug-likeness (QED) is 0.143. The van der Waals surface area contributed by atoms with Gasteiger partial charge in [-0.25, -0.2) is 4.79 Å². The highest BCUT2D eigenvalue weighted by molar-refractivity contribution is 5.79. The van der Waals surface area contributed by atoms with Gasteiger partial charge in [0.25, 0.3) is 0 Å². The summed E-state index contributed by atoms with van der Waals surface area (Å²) in [5.41, 5.74) is 1.54. The molecule has 0 bridgehead atoms. The highest BCUT2D eigenvalue weighted by Crippen LogP contribution is 2.41. The van der Waals surface area contributed by atoms with Gasteiger partial charge in [0.2, 0.25) is 0 Å². The number of rotatable bonds is 13. The molecule has 0 heterocycles. The summed E-state index contributed by atoms with van der Waals surface area (Å²) in [6, 6.07) is 6.17. The number of aliphatic carboxylic acids is 1. The lowest BCUT2D eigenvalue weighted by Gasteiger charge is -2.35. The van der Waals surface area contributed by atoms with Gasteiger partial charge in [-0.15, -0.1) is 12.8 Å². The summed E-state index contributed by atoms with van der Waals surface area (Å²) in [5, 5.41) is 19.2. The molecule has 0 spiro atoms. The maximum atomic E-state index is 10.8. The second-order valence-corrected chi connectivity index (χ2v) is 9.39. The molecule has 0 saturated carbocycles. The van der Waals surface area contributed by atoms with Crippen LogP contribution in [0.2, 0.25) is 0 Å². The van der Waals surface area contributed by atoms with Gasteiger partial charge in [-0.05, 0) is 67.9 Å². The summed E-state index contributed by atoms with van der Waals surface area (Å²) in [5.74, 6) is 0.614. The van der Waals surface area contributed by atoms with E-state index in [1.165, 1.54) is 6.08 Å². The number of aliphatic hydroxyl groups is 1. The monoisotopic (exact) mass is 484 g/mol. The van der Waals surface area contributed by atoms with Crippen molar-refractivity contribution >= 4 is 5.97 Å². The van der Waals surface area contributed by atoms with Crippen LogP contribution in [0.15, 0.2) is 54.3 Å². The van der Waals surface area contributed by atoms with Crippen molar-refractivity contribution in [2.24, 2.45) is 5.41 Å². The Morgan fingerprint density at radius 2 is 1.77 bits per heavy atom. The zero-order chi connectivity index (χ0) is 27.1. The zero-order valence-corrected chi connectivity index (χ0v) is 22.5. The van der Waals surface area contributed by atoms with Crippen molar-refractivity contribution in [1.82, 2.24) is 0 Å². The molecule has 1 aromatic rings. The molecule has 2 N–H and O–H groups in total. The summed E-state index contributed by atoms with van der Waals surface area (Å²) in [6.45, 7) is 14.7. The number of ether oxygens (including phenoxy) is 2. The normalized spacial score (nSPS) is 13.4. The molecule has 0 aliphatic rings. The Morgan fingerprint density at radius 1 is 1.14 bits per heavy atom.